The zero-order valence-electron chi connectivity index (χ0n) is 15.2. The second-order valence-corrected chi connectivity index (χ2v) is 7.38. The van der Waals surface area contributed by atoms with E-state index in [0.29, 0.717) is 34.9 Å². The van der Waals surface area contributed by atoms with Crippen LogP contribution in [0, 0.1) is 24.7 Å². The van der Waals surface area contributed by atoms with Crippen molar-refractivity contribution in [1.82, 2.24) is 4.98 Å². The van der Waals surface area contributed by atoms with Crippen LogP contribution in [0.25, 0.3) is 0 Å². The van der Waals surface area contributed by atoms with Gasteiger partial charge in [0, 0.05) is 11.3 Å². The third-order valence-electron chi connectivity index (χ3n) is 5.65. The minimum Gasteiger partial charge on any atom is -0.468 e. The van der Waals surface area contributed by atoms with E-state index in [-0.39, 0.29) is 17.8 Å². The van der Waals surface area contributed by atoms with E-state index in [9.17, 15) is 14.4 Å². The molecule has 1 N–H and O–H groups in total. The van der Waals surface area contributed by atoms with Crippen LogP contribution in [0.3, 0.4) is 0 Å². The number of ether oxygens (including phenoxy) is 2. The Morgan fingerprint density at radius 3 is 2.48 bits per heavy atom. The molecular weight excluding hydrogens is 322 g/mol. The SMILES string of the molecule is COC(=O)[C@@H]1C(=O)c2c([nH]c(C(=O)O[C@@H]3CCC[C@@H]3C)c2C)C[C@@H]1C. The fourth-order valence-corrected chi connectivity index (χ4v) is 4.15. The quantitative estimate of drug-likeness (QED) is 0.671. The van der Waals surface area contributed by atoms with Gasteiger partial charge in [0.15, 0.2) is 5.78 Å². The molecule has 0 amide bonds. The van der Waals surface area contributed by atoms with Gasteiger partial charge in [-0.2, -0.15) is 0 Å². The highest BCUT2D eigenvalue weighted by Gasteiger charge is 2.42. The molecular formula is C19H25NO5. The molecule has 0 radical (unpaired) electrons. The van der Waals surface area contributed by atoms with Gasteiger partial charge in [0.25, 0.3) is 0 Å². The Kier molecular flexibility index (Phi) is 4.71. The van der Waals surface area contributed by atoms with Gasteiger partial charge < -0.3 is 14.5 Å². The molecule has 136 valence electrons. The Hall–Kier alpha value is -2.11. The van der Waals surface area contributed by atoms with Crippen molar-refractivity contribution >= 4 is 17.7 Å². The third-order valence-corrected chi connectivity index (χ3v) is 5.65. The van der Waals surface area contributed by atoms with Gasteiger partial charge in [-0.1, -0.05) is 13.8 Å². The van der Waals surface area contributed by atoms with E-state index in [1.165, 1.54) is 7.11 Å². The normalized spacial score (nSPS) is 28.6. The lowest BCUT2D eigenvalue weighted by Gasteiger charge is -2.25. The molecule has 0 unspecified atom stereocenters. The molecule has 1 fully saturated rings. The molecule has 0 spiro atoms. The second kappa shape index (κ2) is 6.65. The highest BCUT2D eigenvalue weighted by molar-refractivity contribution is 6.12. The average Bonchev–Trinajstić information content (AvgIpc) is 3.10. The monoisotopic (exact) mass is 347 g/mol. The van der Waals surface area contributed by atoms with Gasteiger partial charge in [-0.25, -0.2) is 4.79 Å². The number of esters is 2. The topological polar surface area (TPSA) is 85.5 Å². The van der Waals surface area contributed by atoms with Crippen LogP contribution in [0.5, 0.6) is 0 Å². The fourth-order valence-electron chi connectivity index (χ4n) is 4.15. The van der Waals surface area contributed by atoms with Crippen LogP contribution in [-0.2, 0) is 20.7 Å². The number of fused-ring (bicyclic) bond motifs is 1. The number of ketones is 1. The Morgan fingerprint density at radius 1 is 1.16 bits per heavy atom. The zero-order valence-corrected chi connectivity index (χ0v) is 15.2. The Bertz CT molecular complexity index is 720. The maximum Gasteiger partial charge on any atom is 0.355 e. The molecule has 6 heteroatoms. The summed E-state index contributed by atoms with van der Waals surface area (Å²) in [6.07, 6.45) is 3.47. The first-order valence-corrected chi connectivity index (χ1v) is 8.89. The zero-order chi connectivity index (χ0) is 18.3. The van der Waals surface area contributed by atoms with Crippen molar-refractivity contribution in [3.8, 4) is 0 Å². The lowest BCUT2D eigenvalue weighted by Crippen LogP contribution is -2.36. The highest BCUT2D eigenvalue weighted by atomic mass is 16.5. The molecule has 2 aliphatic carbocycles. The first-order valence-electron chi connectivity index (χ1n) is 8.89. The Balaban J connectivity index is 1.88. The highest BCUT2D eigenvalue weighted by Crippen LogP contribution is 2.35. The molecule has 25 heavy (non-hydrogen) atoms. The van der Waals surface area contributed by atoms with Gasteiger partial charge in [-0.3, -0.25) is 9.59 Å². The van der Waals surface area contributed by atoms with Gasteiger partial charge in [0.05, 0.1) is 7.11 Å². The number of aromatic amines is 1. The number of hydrogen-bond acceptors (Lipinski definition) is 5. The summed E-state index contributed by atoms with van der Waals surface area (Å²) in [6.45, 7) is 5.66. The summed E-state index contributed by atoms with van der Waals surface area (Å²) >= 11 is 0. The average molecular weight is 347 g/mol. The summed E-state index contributed by atoms with van der Waals surface area (Å²) in [5.41, 5.74) is 2.05. The molecule has 0 bridgehead atoms. The van der Waals surface area contributed by atoms with Crippen LogP contribution in [0.1, 0.15) is 65.2 Å². The molecule has 4 atom stereocenters. The number of hydrogen-bond donors (Lipinski definition) is 1. The van der Waals surface area contributed by atoms with Crippen LogP contribution in [-0.4, -0.2) is 35.9 Å². The van der Waals surface area contributed by atoms with Gasteiger partial charge in [-0.15, -0.1) is 0 Å². The molecule has 1 aromatic rings. The number of carbonyl (C=O) groups excluding carboxylic acids is 3. The number of nitrogens with one attached hydrogen (secondary N) is 1. The van der Waals surface area contributed by atoms with Crippen molar-refractivity contribution in [2.24, 2.45) is 17.8 Å². The maximum absolute atomic E-state index is 12.8. The smallest absolute Gasteiger partial charge is 0.355 e. The van der Waals surface area contributed by atoms with Gasteiger partial charge >= 0.3 is 11.9 Å². The largest absolute Gasteiger partial charge is 0.468 e. The summed E-state index contributed by atoms with van der Waals surface area (Å²) in [6, 6.07) is 0. The minimum absolute atomic E-state index is 0.0651. The minimum atomic E-state index is -0.814. The number of aromatic nitrogens is 1. The van der Waals surface area contributed by atoms with Crippen LogP contribution in [0.2, 0.25) is 0 Å². The summed E-state index contributed by atoms with van der Waals surface area (Å²) in [5, 5.41) is 0. The van der Waals surface area contributed by atoms with Crippen molar-refractivity contribution in [3.63, 3.8) is 0 Å². The molecule has 0 aromatic carbocycles. The van der Waals surface area contributed by atoms with Crippen LogP contribution < -0.4 is 0 Å². The van der Waals surface area contributed by atoms with E-state index < -0.39 is 17.9 Å². The number of methoxy groups -OCH3 is 1. The first-order chi connectivity index (χ1) is 11.8. The Morgan fingerprint density at radius 2 is 1.88 bits per heavy atom. The maximum atomic E-state index is 12.8. The number of H-pyrrole nitrogens is 1. The van der Waals surface area contributed by atoms with Crippen molar-refractivity contribution in [1.29, 1.82) is 0 Å². The van der Waals surface area contributed by atoms with Gasteiger partial charge in [0.2, 0.25) is 0 Å². The number of Topliss-reactive ketones (excluding diaryl/α,β-unsaturated/α-hetero) is 1. The molecule has 1 aromatic heterocycles. The van der Waals surface area contributed by atoms with E-state index in [2.05, 4.69) is 11.9 Å². The van der Waals surface area contributed by atoms with Gasteiger partial charge in [0.1, 0.15) is 17.7 Å². The molecule has 6 nitrogen and oxygen atoms in total. The van der Waals surface area contributed by atoms with E-state index in [1.54, 1.807) is 6.92 Å². The fraction of sp³-hybridized carbons (Fsp3) is 0.632. The molecule has 0 aliphatic heterocycles. The molecule has 1 saturated carbocycles. The Labute approximate surface area is 147 Å². The lowest BCUT2D eigenvalue weighted by molar-refractivity contribution is -0.145. The third kappa shape index (κ3) is 2.98. The van der Waals surface area contributed by atoms with E-state index in [1.807, 2.05) is 6.92 Å². The summed E-state index contributed by atoms with van der Waals surface area (Å²) < 4.78 is 10.4. The van der Waals surface area contributed by atoms with Crippen LogP contribution in [0.4, 0.5) is 0 Å². The van der Waals surface area contributed by atoms with Crippen molar-refractivity contribution in [2.45, 2.75) is 52.6 Å². The van der Waals surface area contributed by atoms with Crippen LogP contribution >= 0.6 is 0 Å². The van der Waals surface area contributed by atoms with Crippen LogP contribution in [0.15, 0.2) is 0 Å². The molecule has 1 heterocycles. The molecule has 2 aliphatic rings. The van der Waals surface area contributed by atoms with E-state index >= 15 is 0 Å². The molecule has 3 rings (SSSR count). The van der Waals surface area contributed by atoms with Crippen molar-refractivity contribution in [2.75, 3.05) is 7.11 Å². The standard InChI is InChI=1S/C19H25NO5/c1-9-6-5-7-13(9)25-19(23)16-11(3)15-12(20-16)8-10(2)14(17(15)21)18(22)24-4/h9-10,13-14,20H,5-8H2,1-4H3/t9-,10-,13+,14-/m0/s1. The summed E-state index contributed by atoms with van der Waals surface area (Å²) in [7, 11) is 1.29. The first kappa shape index (κ1) is 17.7. The van der Waals surface area contributed by atoms with Gasteiger partial charge in [-0.05, 0) is 50.0 Å². The summed E-state index contributed by atoms with van der Waals surface area (Å²) in [4.78, 5) is 40.4. The molecule has 0 saturated heterocycles. The number of carbonyl (C=O) groups is 3. The summed E-state index contributed by atoms with van der Waals surface area (Å²) in [5.74, 6) is -1.84. The predicted molar refractivity (Wildman–Crippen MR) is 90.5 cm³/mol. The second-order valence-electron chi connectivity index (χ2n) is 7.38. The van der Waals surface area contributed by atoms with Crippen molar-refractivity contribution < 1.29 is 23.9 Å². The lowest BCUT2D eigenvalue weighted by atomic mass is 9.77. The predicted octanol–water partition coefficient (Wildman–Crippen LogP) is 2.83. The number of rotatable bonds is 3. The van der Waals surface area contributed by atoms with E-state index in [0.717, 1.165) is 19.3 Å². The van der Waals surface area contributed by atoms with Crippen molar-refractivity contribution in [3.05, 3.63) is 22.5 Å². The van der Waals surface area contributed by atoms with E-state index in [4.69, 9.17) is 9.47 Å².